The number of fused-ring (bicyclic) bond motifs is 1. The number of aromatic amines is 1. The van der Waals surface area contributed by atoms with Crippen molar-refractivity contribution in [3.05, 3.63) is 17.5 Å². The summed E-state index contributed by atoms with van der Waals surface area (Å²) in [6.45, 7) is 2.01. The van der Waals surface area contributed by atoms with Gasteiger partial charge in [0.05, 0.1) is 6.20 Å². The Morgan fingerprint density at radius 2 is 2.38 bits per heavy atom. The highest BCUT2D eigenvalue weighted by Gasteiger charge is 2.25. The fourth-order valence-corrected chi connectivity index (χ4v) is 2.03. The van der Waals surface area contributed by atoms with Gasteiger partial charge < -0.3 is 0 Å². The molecule has 0 spiro atoms. The van der Waals surface area contributed by atoms with E-state index < -0.39 is 6.17 Å². The highest BCUT2D eigenvalue weighted by atomic mass is 32.1. The fourth-order valence-electron chi connectivity index (χ4n) is 1.72. The lowest BCUT2D eigenvalue weighted by atomic mass is 9.99. The molecular weight excluding hydrogens is 187 g/mol. The molecule has 0 aromatic carbocycles. The monoisotopic (exact) mass is 198 g/mol. The third-order valence-corrected chi connectivity index (χ3v) is 3.07. The molecule has 4 heteroatoms. The summed E-state index contributed by atoms with van der Waals surface area (Å²) >= 11 is 5.15. The SMILES string of the molecule is CC1C(=S)CC(F)Cc2[nH]ncc21. The maximum atomic E-state index is 13.3. The molecule has 0 aliphatic heterocycles. The van der Waals surface area contributed by atoms with Crippen LogP contribution in [0.2, 0.25) is 0 Å². The third-order valence-electron chi connectivity index (χ3n) is 2.55. The number of alkyl halides is 1. The number of nitrogens with one attached hydrogen (secondary N) is 1. The molecule has 1 aromatic heterocycles. The van der Waals surface area contributed by atoms with Gasteiger partial charge in [0.1, 0.15) is 6.17 Å². The number of H-pyrrole nitrogens is 1. The number of aromatic nitrogens is 2. The minimum absolute atomic E-state index is 0.157. The molecule has 2 unspecified atom stereocenters. The van der Waals surface area contributed by atoms with Crippen molar-refractivity contribution in [2.75, 3.05) is 0 Å². The standard InChI is InChI=1S/C9H11FN2S/c1-5-7-4-11-12-8(7)2-6(10)3-9(5)13/h4-6H,2-3H2,1H3,(H,11,12). The number of nitrogens with zero attached hydrogens (tertiary/aromatic N) is 1. The van der Waals surface area contributed by atoms with Crippen molar-refractivity contribution >= 4 is 17.1 Å². The molecule has 0 saturated heterocycles. The van der Waals surface area contributed by atoms with E-state index in [2.05, 4.69) is 10.2 Å². The summed E-state index contributed by atoms with van der Waals surface area (Å²) in [6, 6.07) is 0. The van der Waals surface area contributed by atoms with E-state index in [4.69, 9.17) is 12.2 Å². The molecule has 0 saturated carbocycles. The van der Waals surface area contributed by atoms with Crippen LogP contribution >= 0.6 is 12.2 Å². The van der Waals surface area contributed by atoms with Gasteiger partial charge in [0, 0.05) is 34.9 Å². The van der Waals surface area contributed by atoms with Gasteiger partial charge in [0.25, 0.3) is 0 Å². The van der Waals surface area contributed by atoms with Crippen molar-refractivity contribution in [3.63, 3.8) is 0 Å². The maximum absolute atomic E-state index is 13.3. The lowest BCUT2D eigenvalue weighted by molar-refractivity contribution is 0.341. The van der Waals surface area contributed by atoms with E-state index in [1.165, 1.54) is 0 Å². The van der Waals surface area contributed by atoms with Gasteiger partial charge in [0.15, 0.2) is 0 Å². The lowest BCUT2D eigenvalue weighted by Gasteiger charge is -2.08. The average molecular weight is 198 g/mol. The minimum atomic E-state index is -0.850. The Labute approximate surface area is 81.5 Å². The average Bonchev–Trinajstić information content (AvgIpc) is 2.47. The molecule has 2 atom stereocenters. The van der Waals surface area contributed by atoms with Crippen LogP contribution < -0.4 is 0 Å². The maximum Gasteiger partial charge on any atom is 0.110 e. The molecule has 2 nitrogen and oxygen atoms in total. The molecule has 1 aliphatic carbocycles. The van der Waals surface area contributed by atoms with Crippen LogP contribution in [0.15, 0.2) is 6.20 Å². The second-order valence-corrected chi connectivity index (χ2v) is 4.02. The first-order chi connectivity index (χ1) is 6.18. The minimum Gasteiger partial charge on any atom is -0.282 e. The Hall–Kier alpha value is -0.770. The molecule has 13 heavy (non-hydrogen) atoms. The first-order valence-corrected chi connectivity index (χ1v) is 4.78. The van der Waals surface area contributed by atoms with Gasteiger partial charge >= 0.3 is 0 Å². The number of halogens is 1. The fraction of sp³-hybridized carbons (Fsp3) is 0.556. The van der Waals surface area contributed by atoms with Crippen molar-refractivity contribution < 1.29 is 4.39 Å². The molecule has 0 amide bonds. The quantitative estimate of drug-likeness (QED) is 0.511. The molecule has 0 radical (unpaired) electrons. The summed E-state index contributed by atoms with van der Waals surface area (Å²) in [7, 11) is 0. The van der Waals surface area contributed by atoms with Crippen LogP contribution in [0.5, 0.6) is 0 Å². The van der Waals surface area contributed by atoms with Gasteiger partial charge in [-0.15, -0.1) is 0 Å². The zero-order valence-electron chi connectivity index (χ0n) is 7.38. The number of hydrogen-bond donors (Lipinski definition) is 1. The van der Waals surface area contributed by atoms with E-state index in [-0.39, 0.29) is 5.92 Å². The first kappa shape index (κ1) is 8.81. The van der Waals surface area contributed by atoms with E-state index in [0.29, 0.717) is 12.8 Å². The van der Waals surface area contributed by atoms with Crippen LogP contribution in [0.25, 0.3) is 0 Å². The van der Waals surface area contributed by atoms with Crippen LogP contribution in [-0.4, -0.2) is 21.2 Å². The van der Waals surface area contributed by atoms with Crippen LogP contribution in [0.3, 0.4) is 0 Å². The third kappa shape index (κ3) is 1.50. The summed E-state index contributed by atoms with van der Waals surface area (Å²) in [5.41, 5.74) is 1.96. The number of hydrogen-bond acceptors (Lipinski definition) is 2. The van der Waals surface area contributed by atoms with E-state index in [0.717, 1.165) is 16.1 Å². The molecule has 1 heterocycles. The first-order valence-electron chi connectivity index (χ1n) is 4.37. The summed E-state index contributed by atoms with van der Waals surface area (Å²) in [6.07, 6.45) is 1.72. The predicted octanol–water partition coefficient (Wildman–Crippen LogP) is 2.17. The molecular formula is C9H11FN2S. The second-order valence-electron chi connectivity index (χ2n) is 3.50. The van der Waals surface area contributed by atoms with Crippen molar-refractivity contribution in [1.82, 2.24) is 10.2 Å². The Morgan fingerprint density at radius 1 is 1.62 bits per heavy atom. The van der Waals surface area contributed by atoms with Gasteiger partial charge in [-0.2, -0.15) is 5.10 Å². The van der Waals surface area contributed by atoms with Crippen LogP contribution in [0.4, 0.5) is 4.39 Å². The Kier molecular flexibility index (Phi) is 2.15. The summed E-state index contributed by atoms with van der Waals surface area (Å²) in [5, 5.41) is 6.74. The van der Waals surface area contributed by atoms with Gasteiger partial charge in [-0.25, -0.2) is 4.39 Å². The molecule has 2 rings (SSSR count). The molecule has 1 aliphatic rings. The summed E-state index contributed by atoms with van der Waals surface area (Å²) < 4.78 is 13.3. The van der Waals surface area contributed by atoms with Crippen LogP contribution in [0.1, 0.15) is 30.5 Å². The van der Waals surface area contributed by atoms with E-state index >= 15 is 0 Å². The van der Waals surface area contributed by atoms with E-state index in [9.17, 15) is 4.39 Å². The normalized spacial score (nSPS) is 28.3. The van der Waals surface area contributed by atoms with Crippen molar-refractivity contribution in [2.45, 2.75) is 31.9 Å². The summed E-state index contributed by atoms with van der Waals surface area (Å²) in [5.74, 6) is 0.157. The van der Waals surface area contributed by atoms with E-state index in [1.807, 2.05) is 6.92 Å². The van der Waals surface area contributed by atoms with E-state index in [1.54, 1.807) is 6.20 Å². The number of thiocarbonyl (C=S) groups is 1. The second kappa shape index (κ2) is 3.18. The lowest BCUT2D eigenvalue weighted by Crippen LogP contribution is -2.09. The Morgan fingerprint density at radius 3 is 3.15 bits per heavy atom. The van der Waals surface area contributed by atoms with Crippen LogP contribution in [-0.2, 0) is 6.42 Å². The predicted molar refractivity (Wildman–Crippen MR) is 52.8 cm³/mol. The highest BCUT2D eigenvalue weighted by Crippen LogP contribution is 2.28. The molecule has 0 bridgehead atoms. The van der Waals surface area contributed by atoms with Gasteiger partial charge in [-0.1, -0.05) is 19.1 Å². The van der Waals surface area contributed by atoms with Crippen LogP contribution in [0, 0.1) is 0 Å². The van der Waals surface area contributed by atoms with Crippen molar-refractivity contribution in [1.29, 1.82) is 0 Å². The van der Waals surface area contributed by atoms with Gasteiger partial charge in [0.2, 0.25) is 0 Å². The Bertz CT molecular complexity index is 334. The summed E-state index contributed by atoms with van der Waals surface area (Å²) in [4.78, 5) is 0.799. The Balaban J connectivity index is 2.41. The molecule has 0 fully saturated rings. The van der Waals surface area contributed by atoms with Crippen molar-refractivity contribution in [3.8, 4) is 0 Å². The van der Waals surface area contributed by atoms with Crippen molar-refractivity contribution in [2.24, 2.45) is 0 Å². The van der Waals surface area contributed by atoms with Gasteiger partial charge in [-0.05, 0) is 0 Å². The molecule has 1 N–H and O–H groups in total. The topological polar surface area (TPSA) is 28.7 Å². The smallest absolute Gasteiger partial charge is 0.110 e. The number of rotatable bonds is 0. The zero-order valence-corrected chi connectivity index (χ0v) is 8.20. The molecule has 1 aromatic rings. The molecule has 70 valence electrons. The van der Waals surface area contributed by atoms with Gasteiger partial charge in [-0.3, -0.25) is 5.10 Å². The zero-order chi connectivity index (χ0) is 9.42. The highest BCUT2D eigenvalue weighted by molar-refractivity contribution is 7.80. The largest absolute Gasteiger partial charge is 0.282 e.